The van der Waals surface area contributed by atoms with Crippen molar-refractivity contribution in [3.63, 3.8) is 0 Å². The highest BCUT2D eigenvalue weighted by atomic mass is 35.5. The van der Waals surface area contributed by atoms with Gasteiger partial charge in [0.25, 0.3) is 0 Å². The summed E-state index contributed by atoms with van der Waals surface area (Å²) in [4.78, 5) is 6.64. The number of nitrogens with zero attached hydrogens (tertiary/aromatic N) is 2. The van der Waals surface area contributed by atoms with Gasteiger partial charge < -0.3 is 10.2 Å². The van der Waals surface area contributed by atoms with Gasteiger partial charge in [-0.1, -0.05) is 6.07 Å². The molecule has 1 aliphatic rings. The molecular weight excluding hydrogens is 234 g/mol. The molecule has 2 rings (SSSR count). The van der Waals surface area contributed by atoms with Crippen LogP contribution in [0.15, 0.2) is 24.4 Å². The highest BCUT2D eigenvalue weighted by molar-refractivity contribution is 5.85. The smallest absolute Gasteiger partial charge is 0.0541 e. The Morgan fingerprint density at radius 3 is 2.71 bits per heavy atom. The zero-order valence-electron chi connectivity index (χ0n) is 10.6. The summed E-state index contributed by atoms with van der Waals surface area (Å²) in [5.74, 6) is 0.909. The second-order valence-electron chi connectivity index (χ2n) is 4.82. The highest BCUT2D eigenvalue weighted by Gasteiger charge is 2.31. The van der Waals surface area contributed by atoms with Crippen LogP contribution in [-0.4, -0.2) is 36.6 Å². The van der Waals surface area contributed by atoms with Gasteiger partial charge in [0.2, 0.25) is 0 Å². The summed E-state index contributed by atoms with van der Waals surface area (Å²) >= 11 is 0. The molecule has 0 saturated heterocycles. The average Bonchev–Trinajstić information content (AvgIpc) is 3.09. The lowest BCUT2D eigenvalue weighted by Gasteiger charge is -2.24. The third-order valence-electron chi connectivity index (χ3n) is 3.22. The molecule has 96 valence electrons. The van der Waals surface area contributed by atoms with Gasteiger partial charge in [0.05, 0.1) is 5.69 Å². The summed E-state index contributed by atoms with van der Waals surface area (Å²) in [5.41, 5.74) is 1.12. The first-order valence-electron chi connectivity index (χ1n) is 6.04. The summed E-state index contributed by atoms with van der Waals surface area (Å²) in [6.07, 6.45) is 4.64. The highest BCUT2D eigenvalue weighted by Crippen LogP contribution is 2.34. The van der Waals surface area contributed by atoms with Gasteiger partial charge in [-0.15, -0.1) is 12.4 Å². The zero-order chi connectivity index (χ0) is 11.4. The summed E-state index contributed by atoms with van der Waals surface area (Å²) in [5, 5.41) is 3.50. The van der Waals surface area contributed by atoms with Gasteiger partial charge >= 0.3 is 0 Å². The van der Waals surface area contributed by atoms with E-state index in [0.717, 1.165) is 24.7 Å². The van der Waals surface area contributed by atoms with Crippen LogP contribution in [0.3, 0.4) is 0 Å². The quantitative estimate of drug-likeness (QED) is 0.842. The molecule has 1 heterocycles. The monoisotopic (exact) mass is 255 g/mol. The Morgan fingerprint density at radius 2 is 2.18 bits per heavy atom. The van der Waals surface area contributed by atoms with Crippen LogP contribution in [-0.2, 0) is 6.54 Å². The number of nitrogens with one attached hydrogen (secondary N) is 1. The van der Waals surface area contributed by atoms with E-state index in [4.69, 9.17) is 0 Å². The first-order chi connectivity index (χ1) is 7.77. The zero-order valence-corrected chi connectivity index (χ0v) is 11.4. The molecular formula is C13H22ClN3. The topological polar surface area (TPSA) is 28.2 Å². The van der Waals surface area contributed by atoms with Crippen molar-refractivity contribution in [3.8, 4) is 0 Å². The molecule has 1 atom stereocenters. The molecule has 0 aliphatic heterocycles. The number of aromatic nitrogens is 1. The van der Waals surface area contributed by atoms with Gasteiger partial charge in [-0.2, -0.15) is 0 Å². The number of halogens is 1. The fourth-order valence-electron chi connectivity index (χ4n) is 2.10. The lowest BCUT2D eigenvalue weighted by Crippen LogP contribution is -2.39. The van der Waals surface area contributed by atoms with Gasteiger partial charge in [-0.25, -0.2) is 0 Å². The van der Waals surface area contributed by atoms with Crippen molar-refractivity contribution >= 4 is 12.4 Å². The summed E-state index contributed by atoms with van der Waals surface area (Å²) in [6.45, 7) is 1.94. The third-order valence-corrected chi connectivity index (χ3v) is 3.22. The lowest BCUT2D eigenvalue weighted by molar-refractivity contribution is 0.255. The molecule has 1 unspecified atom stereocenters. The van der Waals surface area contributed by atoms with Crippen LogP contribution >= 0.6 is 12.4 Å². The van der Waals surface area contributed by atoms with Crippen molar-refractivity contribution in [1.29, 1.82) is 0 Å². The molecule has 1 aliphatic carbocycles. The Labute approximate surface area is 110 Å². The van der Waals surface area contributed by atoms with Crippen LogP contribution in [0.2, 0.25) is 0 Å². The predicted octanol–water partition coefficient (Wildman–Crippen LogP) is 1.93. The Kier molecular flexibility index (Phi) is 5.89. The van der Waals surface area contributed by atoms with E-state index in [1.54, 1.807) is 0 Å². The SMILES string of the molecule is CN(C)C(CNCc1ccccn1)C1CC1.Cl. The molecule has 1 aromatic rings. The van der Waals surface area contributed by atoms with Crippen molar-refractivity contribution in [1.82, 2.24) is 15.2 Å². The van der Waals surface area contributed by atoms with Crippen LogP contribution in [0.25, 0.3) is 0 Å². The predicted molar refractivity (Wildman–Crippen MR) is 73.4 cm³/mol. The van der Waals surface area contributed by atoms with Crippen molar-refractivity contribution in [2.45, 2.75) is 25.4 Å². The molecule has 3 nitrogen and oxygen atoms in total. The minimum atomic E-state index is 0. The van der Waals surface area contributed by atoms with Crippen LogP contribution in [0, 0.1) is 5.92 Å². The van der Waals surface area contributed by atoms with Gasteiger partial charge in [0.15, 0.2) is 0 Å². The summed E-state index contributed by atoms with van der Waals surface area (Å²) in [7, 11) is 4.34. The van der Waals surface area contributed by atoms with E-state index in [9.17, 15) is 0 Å². The molecule has 1 saturated carbocycles. The number of likely N-dealkylation sites (N-methyl/N-ethyl adjacent to an activating group) is 1. The van der Waals surface area contributed by atoms with Gasteiger partial charge in [0.1, 0.15) is 0 Å². The number of hydrogen-bond donors (Lipinski definition) is 1. The molecule has 4 heteroatoms. The second-order valence-corrected chi connectivity index (χ2v) is 4.82. The Balaban J connectivity index is 0.00000144. The fourth-order valence-corrected chi connectivity index (χ4v) is 2.10. The maximum absolute atomic E-state index is 4.30. The van der Waals surface area contributed by atoms with E-state index < -0.39 is 0 Å². The van der Waals surface area contributed by atoms with E-state index >= 15 is 0 Å². The van der Waals surface area contributed by atoms with E-state index in [0.29, 0.717) is 6.04 Å². The molecule has 1 aromatic heterocycles. The van der Waals surface area contributed by atoms with Crippen molar-refractivity contribution in [3.05, 3.63) is 30.1 Å². The largest absolute Gasteiger partial charge is 0.310 e. The van der Waals surface area contributed by atoms with Crippen LogP contribution in [0.1, 0.15) is 18.5 Å². The number of hydrogen-bond acceptors (Lipinski definition) is 3. The van der Waals surface area contributed by atoms with E-state index in [2.05, 4.69) is 35.4 Å². The molecule has 17 heavy (non-hydrogen) atoms. The van der Waals surface area contributed by atoms with E-state index in [1.807, 2.05) is 18.3 Å². The van der Waals surface area contributed by atoms with Crippen molar-refractivity contribution < 1.29 is 0 Å². The van der Waals surface area contributed by atoms with Crippen LogP contribution in [0.4, 0.5) is 0 Å². The Morgan fingerprint density at radius 1 is 1.41 bits per heavy atom. The first-order valence-corrected chi connectivity index (χ1v) is 6.04. The van der Waals surface area contributed by atoms with Gasteiger partial charge in [-0.05, 0) is 45.0 Å². The van der Waals surface area contributed by atoms with Crippen molar-refractivity contribution in [2.75, 3.05) is 20.6 Å². The summed E-state index contributed by atoms with van der Waals surface area (Å²) < 4.78 is 0. The number of rotatable bonds is 6. The normalized spacial score (nSPS) is 16.6. The minimum Gasteiger partial charge on any atom is -0.310 e. The first kappa shape index (κ1) is 14.4. The molecule has 1 fully saturated rings. The molecule has 0 amide bonds. The molecule has 0 spiro atoms. The van der Waals surface area contributed by atoms with Crippen LogP contribution in [0.5, 0.6) is 0 Å². The van der Waals surface area contributed by atoms with E-state index in [-0.39, 0.29) is 12.4 Å². The fraction of sp³-hybridized carbons (Fsp3) is 0.615. The molecule has 0 radical (unpaired) electrons. The van der Waals surface area contributed by atoms with E-state index in [1.165, 1.54) is 12.8 Å². The lowest BCUT2D eigenvalue weighted by atomic mass is 10.1. The minimum absolute atomic E-state index is 0. The molecule has 0 aromatic carbocycles. The van der Waals surface area contributed by atoms with Gasteiger partial charge in [0, 0.05) is 25.3 Å². The van der Waals surface area contributed by atoms with Gasteiger partial charge in [-0.3, -0.25) is 4.98 Å². The average molecular weight is 256 g/mol. The standard InChI is InChI=1S/C13H21N3.ClH/c1-16(2)13(11-6-7-11)10-14-9-12-5-3-4-8-15-12;/h3-5,8,11,13-14H,6-7,9-10H2,1-2H3;1H. The maximum Gasteiger partial charge on any atom is 0.0541 e. The van der Waals surface area contributed by atoms with Crippen molar-refractivity contribution in [2.24, 2.45) is 5.92 Å². The maximum atomic E-state index is 4.30. The number of pyridine rings is 1. The van der Waals surface area contributed by atoms with Crippen LogP contribution < -0.4 is 5.32 Å². The Bertz CT molecular complexity index is 310. The Hall–Kier alpha value is -0.640. The molecule has 0 bridgehead atoms. The second kappa shape index (κ2) is 6.94. The summed E-state index contributed by atoms with van der Waals surface area (Å²) in [6, 6.07) is 6.74. The molecule has 1 N–H and O–H groups in total. The third kappa shape index (κ3) is 4.62.